The van der Waals surface area contributed by atoms with Crippen LogP contribution in [0.2, 0.25) is 0 Å². The van der Waals surface area contributed by atoms with E-state index in [1.165, 1.54) is 10.6 Å². The molecule has 5 aromatic rings. The molecule has 12 heteroatoms. The Morgan fingerprint density at radius 2 is 1.25 bits per heavy atom. The normalized spacial score (nSPS) is 14.2. The van der Waals surface area contributed by atoms with Gasteiger partial charge in [-0.05, 0) is 58.7 Å². The molecule has 210 valence electrons. The van der Waals surface area contributed by atoms with E-state index in [1.54, 1.807) is 36.5 Å². The summed E-state index contributed by atoms with van der Waals surface area (Å²) in [7, 11) is 0. The first-order valence-corrected chi connectivity index (χ1v) is 12.7. The number of nitrogens with zero attached hydrogens (tertiary/aromatic N) is 6. The SMILES string of the molecule is [C-]#[N+]C=[N+]1c2cc(-c3cc(F)c(F)c(F)c3)ccc2-c2nc3c(nc21)-c1ccc(-c2cc(F)c(F)c(F)c2)cc1C3=NC#N. The Labute approximate surface area is 244 Å². The molecule has 1 aliphatic carbocycles. The Balaban J connectivity index is 1.38. The highest BCUT2D eigenvalue weighted by atomic mass is 19.2. The van der Waals surface area contributed by atoms with Crippen molar-refractivity contribution in [2.75, 3.05) is 0 Å². The fourth-order valence-electron chi connectivity index (χ4n) is 5.39. The van der Waals surface area contributed by atoms with E-state index in [0.29, 0.717) is 44.9 Å². The van der Waals surface area contributed by atoms with E-state index in [0.717, 1.165) is 30.6 Å². The number of nitriles is 1. The van der Waals surface area contributed by atoms with Crippen LogP contribution in [0, 0.1) is 52.9 Å². The minimum atomic E-state index is -1.60. The molecule has 6 nitrogen and oxygen atoms in total. The van der Waals surface area contributed by atoms with Gasteiger partial charge in [0.25, 0.3) is 0 Å². The maximum absolute atomic E-state index is 14.0. The van der Waals surface area contributed by atoms with Crippen LogP contribution in [-0.4, -0.2) is 22.0 Å². The van der Waals surface area contributed by atoms with E-state index in [2.05, 4.69) is 9.84 Å². The van der Waals surface area contributed by atoms with E-state index in [1.807, 2.05) is 0 Å². The number of fused-ring (bicyclic) bond motifs is 6. The molecule has 1 aliphatic heterocycles. The van der Waals surface area contributed by atoms with Crippen molar-refractivity contribution in [1.29, 1.82) is 5.26 Å². The number of benzene rings is 4. The predicted molar refractivity (Wildman–Crippen MR) is 149 cm³/mol. The molecular weight excluding hydrogens is 582 g/mol. The van der Waals surface area contributed by atoms with Crippen LogP contribution >= 0.6 is 0 Å². The summed E-state index contributed by atoms with van der Waals surface area (Å²) in [6, 6.07) is 12.8. The summed E-state index contributed by atoms with van der Waals surface area (Å²) in [5, 5.41) is 9.48. The van der Waals surface area contributed by atoms with Crippen molar-refractivity contribution in [2.45, 2.75) is 0 Å². The van der Waals surface area contributed by atoms with Crippen molar-refractivity contribution in [1.82, 2.24) is 14.5 Å². The van der Waals surface area contributed by atoms with Crippen molar-refractivity contribution >= 4 is 23.6 Å². The summed E-state index contributed by atoms with van der Waals surface area (Å²) in [4.78, 5) is 16.8. The molecule has 2 heterocycles. The largest absolute Gasteiger partial charge is 0.393 e. The first-order valence-electron chi connectivity index (χ1n) is 12.7. The standard InChI is InChI=1S/C32H11F6N6/c1-40-13-44-25-11-15(17-9-23(35)27(38)24(36)10-17)3-5-19(25)30-32(44)43-29-18-4-2-14(16-7-21(33)26(37)22(34)8-16)6-20(18)28(41-12-39)31(29)42-30/h2-11,13H/q+1. The number of halogens is 6. The van der Waals surface area contributed by atoms with Crippen LogP contribution in [0.25, 0.3) is 49.6 Å². The molecular formula is C32H11F6N6+. The van der Waals surface area contributed by atoms with E-state index in [-0.39, 0.29) is 28.4 Å². The van der Waals surface area contributed by atoms with Crippen molar-refractivity contribution in [3.8, 4) is 51.0 Å². The van der Waals surface area contributed by atoms with E-state index < -0.39 is 34.9 Å². The zero-order valence-corrected chi connectivity index (χ0v) is 21.8. The minimum absolute atomic E-state index is 0.0587. The molecule has 0 fully saturated rings. The molecule has 4 aromatic carbocycles. The molecule has 0 atom stereocenters. The van der Waals surface area contributed by atoms with Gasteiger partial charge in [0.1, 0.15) is 23.7 Å². The molecule has 0 saturated heterocycles. The summed E-state index contributed by atoms with van der Waals surface area (Å²) in [6.07, 6.45) is 2.89. The molecule has 0 radical (unpaired) electrons. The summed E-state index contributed by atoms with van der Waals surface area (Å²) in [5.74, 6) is -8.36. The zero-order chi connectivity index (χ0) is 30.9. The topological polar surface area (TPSA) is 69.3 Å². The van der Waals surface area contributed by atoms with E-state index in [4.69, 9.17) is 16.5 Å². The first kappa shape index (κ1) is 26.7. The summed E-state index contributed by atoms with van der Waals surface area (Å²) >= 11 is 0. The van der Waals surface area contributed by atoms with Gasteiger partial charge in [0, 0.05) is 17.2 Å². The maximum atomic E-state index is 14.0. The monoisotopic (exact) mass is 593 g/mol. The van der Waals surface area contributed by atoms with Gasteiger partial charge in [0.2, 0.25) is 11.9 Å². The third kappa shape index (κ3) is 3.89. The summed E-state index contributed by atoms with van der Waals surface area (Å²) in [6.45, 7) is 7.46. The molecule has 0 saturated carbocycles. The molecule has 2 aliphatic rings. The zero-order valence-electron chi connectivity index (χ0n) is 21.8. The Bertz CT molecular complexity index is 2070. The number of aliphatic imine (C=N–C) groups is 1. The van der Waals surface area contributed by atoms with Gasteiger partial charge in [0.05, 0.1) is 5.56 Å². The minimum Gasteiger partial charge on any atom is -0.235 e. The van der Waals surface area contributed by atoms with Crippen molar-refractivity contribution in [3.05, 3.63) is 118 Å². The molecule has 0 N–H and O–H groups in total. The lowest BCUT2D eigenvalue weighted by molar-refractivity contribution is 0.447. The molecule has 44 heavy (non-hydrogen) atoms. The Hall–Kier alpha value is -6.14. The predicted octanol–water partition coefficient (Wildman–Crippen LogP) is 7.71. The van der Waals surface area contributed by atoms with Crippen LogP contribution in [0.15, 0.2) is 65.7 Å². The lowest BCUT2D eigenvalue weighted by atomic mass is 9.99. The van der Waals surface area contributed by atoms with Gasteiger partial charge >= 0.3 is 12.2 Å². The second-order valence-electron chi connectivity index (χ2n) is 9.77. The average molecular weight is 593 g/mol. The molecule has 7 rings (SSSR count). The number of aromatic nitrogens is 2. The molecule has 1 aromatic heterocycles. The Morgan fingerprint density at radius 3 is 1.82 bits per heavy atom. The van der Waals surface area contributed by atoms with Crippen LogP contribution in [0.5, 0.6) is 0 Å². The Morgan fingerprint density at radius 1 is 0.682 bits per heavy atom. The third-order valence-corrected chi connectivity index (χ3v) is 7.34. The smallest absolute Gasteiger partial charge is 0.235 e. The van der Waals surface area contributed by atoms with Gasteiger partial charge in [-0.2, -0.15) is 24.7 Å². The number of hydrogen-bond acceptors (Lipinski definition) is 4. The van der Waals surface area contributed by atoms with Gasteiger partial charge in [-0.15, -0.1) is 0 Å². The second kappa shape index (κ2) is 9.71. The van der Waals surface area contributed by atoms with Gasteiger partial charge in [-0.3, -0.25) is 0 Å². The highest BCUT2D eigenvalue weighted by Crippen LogP contribution is 2.47. The number of hydrogen-bond donors (Lipinski definition) is 0. The van der Waals surface area contributed by atoms with Crippen molar-refractivity contribution < 1.29 is 26.3 Å². The fourth-order valence-corrected chi connectivity index (χ4v) is 5.39. The fraction of sp³-hybridized carbons (Fsp3) is 0. The van der Waals surface area contributed by atoms with Crippen LogP contribution < -0.4 is 4.58 Å². The summed E-state index contributed by atoms with van der Waals surface area (Å²) in [5.41, 5.74) is 3.60. The van der Waals surface area contributed by atoms with Crippen LogP contribution in [-0.2, 0) is 0 Å². The van der Waals surface area contributed by atoms with Gasteiger partial charge in [-0.25, -0.2) is 31.3 Å². The molecule has 0 amide bonds. The number of rotatable bonds is 2. The second-order valence-corrected chi connectivity index (χ2v) is 9.77. The quantitative estimate of drug-likeness (QED) is 0.0515. The molecule has 0 bridgehead atoms. The average Bonchev–Trinajstić information content (AvgIpc) is 3.48. The molecule has 0 unspecified atom stereocenters. The molecule has 0 spiro atoms. The van der Waals surface area contributed by atoms with E-state index in [9.17, 15) is 31.6 Å². The van der Waals surface area contributed by atoms with Crippen molar-refractivity contribution in [2.24, 2.45) is 4.99 Å². The Kier molecular flexibility index (Phi) is 5.90. The van der Waals surface area contributed by atoms with Crippen LogP contribution in [0.1, 0.15) is 11.3 Å². The van der Waals surface area contributed by atoms with Gasteiger partial charge in [0.15, 0.2) is 40.6 Å². The van der Waals surface area contributed by atoms with Gasteiger partial charge < -0.3 is 0 Å². The van der Waals surface area contributed by atoms with Crippen molar-refractivity contribution in [3.63, 3.8) is 0 Å². The lowest BCUT2D eigenvalue weighted by Gasteiger charge is -2.07. The van der Waals surface area contributed by atoms with Crippen LogP contribution in [0.3, 0.4) is 0 Å². The first-order chi connectivity index (χ1) is 21.2. The maximum Gasteiger partial charge on any atom is 0.393 e. The highest BCUT2D eigenvalue weighted by molar-refractivity contribution is 6.24. The third-order valence-electron chi connectivity index (χ3n) is 7.34. The summed E-state index contributed by atoms with van der Waals surface area (Å²) < 4.78 is 84.4. The van der Waals surface area contributed by atoms with Gasteiger partial charge in [-0.1, -0.05) is 18.2 Å². The van der Waals surface area contributed by atoms with Crippen LogP contribution in [0.4, 0.5) is 37.8 Å². The van der Waals surface area contributed by atoms with E-state index >= 15 is 0 Å². The lowest BCUT2D eigenvalue weighted by Crippen LogP contribution is -2.06. The highest BCUT2D eigenvalue weighted by Gasteiger charge is 2.40.